The van der Waals surface area contributed by atoms with Crippen LogP contribution in [0.25, 0.3) is 10.4 Å². The maximum Gasteiger partial charge on any atom is 0.312 e. The molecule has 0 radical (unpaired) electrons. The summed E-state index contributed by atoms with van der Waals surface area (Å²) in [5.74, 6) is -0.160. The Kier molecular flexibility index (Phi) is 4.38. The van der Waals surface area contributed by atoms with E-state index in [-0.39, 0.29) is 5.97 Å². The van der Waals surface area contributed by atoms with Crippen LogP contribution in [-0.2, 0) is 9.53 Å². The first kappa shape index (κ1) is 12.6. The van der Waals surface area contributed by atoms with Gasteiger partial charge in [0, 0.05) is 11.5 Å². The first-order chi connectivity index (χ1) is 7.64. The van der Waals surface area contributed by atoms with Gasteiger partial charge in [-0.3, -0.25) is 4.79 Å². The molecule has 0 saturated heterocycles. The molecule has 1 rings (SSSR count). The van der Waals surface area contributed by atoms with Crippen LogP contribution in [0.2, 0.25) is 0 Å². The molecule has 0 N–H and O–H groups in total. The second kappa shape index (κ2) is 5.56. The Labute approximate surface area is 95.1 Å². The maximum absolute atomic E-state index is 11.8. The predicted molar refractivity (Wildman–Crippen MR) is 60.7 cm³/mol. The van der Waals surface area contributed by atoms with Gasteiger partial charge in [0.1, 0.15) is 0 Å². The number of rotatable bonds is 5. The van der Waals surface area contributed by atoms with E-state index < -0.39 is 5.41 Å². The Morgan fingerprint density at radius 1 is 1.75 bits per heavy atom. The standard InChI is InChI=1S/C11H17N3O2/c1-9-4-6-11(8-9,10(15)16-2)5-3-7-13-14-12/h1,3-8H2,2H3. The summed E-state index contributed by atoms with van der Waals surface area (Å²) in [5.41, 5.74) is 8.86. The third-order valence-corrected chi connectivity index (χ3v) is 3.14. The molecule has 1 atom stereocenters. The molecule has 0 aliphatic heterocycles. The van der Waals surface area contributed by atoms with E-state index >= 15 is 0 Å². The highest BCUT2D eigenvalue weighted by Crippen LogP contribution is 2.45. The highest BCUT2D eigenvalue weighted by Gasteiger charge is 2.42. The molecule has 0 aromatic heterocycles. The highest BCUT2D eigenvalue weighted by molar-refractivity contribution is 5.77. The van der Waals surface area contributed by atoms with Crippen LogP contribution in [0.4, 0.5) is 0 Å². The fraction of sp³-hybridized carbons (Fsp3) is 0.727. The van der Waals surface area contributed by atoms with Crippen LogP contribution in [0.15, 0.2) is 17.3 Å². The van der Waals surface area contributed by atoms with Crippen LogP contribution in [0, 0.1) is 5.41 Å². The summed E-state index contributed by atoms with van der Waals surface area (Å²) in [6, 6.07) is 0. The number of nitrogens with zero attached hydrogens (tertiary/aromatic N) is 3. The molecule has 0 aromatic carbocycles. The van der Waals surface area contributed by atoms with E-state index in [1.54, 1.807) is 0 Å². The van der Waals surface area contributed by atoms with E-state index in [0.29, 0.717) is 25.8 Å². The van der Waals surface area contributed by atoms with Crippen molar-refractivity contribution in [2.24, 2.45) is 10.5 Å². The minimum atomic E-state index is -0.420. The molecular weight excluding hydrogens is 206 g/mol. The molecule has 0 heterocycles. The van der Waals surface area contributed by atoms with Gasteiger partial charge in [-0.1, -0.05) is 17.3 Å². The van der Waals surface area contributed by atoms with Gasteiger partial charge in [-0.25, -0.2) is 0 Å². The van der Waals surface area contributed by atoms with Crippen LogP contribution < -0.4 is 0 Å². The smallest absolute Gasteiger partial charge is 0.312 e. The van der Waals surface area contributed by atoms with Gasteiger partial charge in [0.2, 0.25) is 0 Å². The zero-order valence-electron chi connectivity index (χ0n) is 9.61. The Morgan fingerprint density at radius 3 is 3.00 bits per heavy atom. The number of hydrogen-bond acceptors (Lipinski definition) is 3. The first-order valence-corrected chi connectivity index (χ1v) is 5.40. The summed E-state index contributed by atoms with van der Waals surface area (Å²) < 4.78 is 4.86. The lowest BCUT2D eigenvalue weighted by Gasteiger charge is -2.25. The summed E-state index contributed by atoms with van der Waals surface area (Å²) in [4.78, 5) is 14.5. The van der Waals surface area contributed by atoms with Gasteiger partial charge in [0.25, 0.3) is 0 Å². The molecule has 1 fully saturated rings. The first-order valence-electron chi connectivity index (χ1n) is 5.40. The van der Waals surface area contributed by atoms with E-state index in [2.05, 4.69) is 16.6 Å². The van der Waals surface area contributed by atoms with Crippen molar-refractivity contribution in [1.82, 2.24) is 0 Å². The quantitative estimate of drug-likeness (QED) is 0.179. The third kappa shape index (κ3) is 2.76. The fourth-order valence-electron chi connectivity index (χ4n) is 2.31. The minimum absolute atomic E-state index is 0.160. The van der Waals surface area contributed by atoms with Gasteiger partial charge in [-0.05, 0) is 37.6 Å². The molecule has 0 aromatic rings. The normalized spacial score (nSPS) is 23.9. The summed E-state index contributed by atoms with van der Waals surface area (Å²) in [6.07, 6.45) is 3.81. The SMILES string of the molecule is C=C1CCC(CCCN=[N+]=[N-])(C(=O)OC)C1. The molecule has 0 amide bonds. The van der Waals surface area contributed by atoms with E-state index in [4.69, 9.17) is 10.3 Å². The molecule has 1 unspecified atom stereocenters. The molecule has 16 heavy (non-hydrogen) atoms. The van der Waals surface area contributed by atoms with Crippen LogP contribution in [0.1, 0.15) is 32.1 Å². The van der Waals surface area contributed by atoms with E-state index in [0.717, 1.165) is 18.4 Å². The Bertz CT molecular complexity index is 334. The number of azide groups is 1. The molecule has 88 valence electrons. The lowest BCUT2D eigenvalue weighted by molar-refractivity contribution is -0.152. The predicted octanol–water partition coefficient (Wildman–Crippen LogP) is 2.98. The monoisotopic (exact) mass is 223 g/mol. The number of carbonyl (C=O) groups is 1. The number of ether oxygens (including phenoxy) is 1. The van der Waals surface area contributed by atoms with Crippen molar-refractivity contribution in [2.75, 3.05) is 13.7 Å². The van der Waals surface area contributed by atoms with Gasteiger partial charge >= 0.3 is 5.97 Å². The lowest BCUT2D eigenvalue weighted by Crippen LogP contribution is -2.29. The summed E-state index contributed by atoms with van der Waals surface area (Å²) >= 11 is 0. The van der Waals surface area contributed by atoms with Gasteiger partial charge in [0.15, 0.2) is 0 Å². The summed E-state index contributed by atoms with van der Waals surface area (Å²) in [7, 11) is 1.42. The van der Waals surface area contributed by atoms with Crippen LogP contribution in [-0.4, -0.2) is 19.6 Å². The fourth-order valence-corrected chi connectivity index (χ4v) is 2.31. The van der Waals surface area contributed by atoms with E-state index in [1.165, 1.54) is 7.11 Å². The number of hydrogen-bond donors (Lipinski definition) is 0. The van der Waals surface area contributed by atoms with Crippen molar-refractivity contribution < 1.29 is 9.53 Å². The molecule has 0 spiro atoms. The van der Waals surface area contributed by atoms with Crippen molar-refractivity contribution in [1.29, 1.82) is 0 Å². The number of esters is 1. The van der Waals surface area contributed by atoms with Crippen molar-refractivity contribution in [3.05, 3.63) is 22.6 Å². The van der Waals surface area contributed by atoms with Crippen molar-refractivity contribution in [2.45, 2.75) is 32.1 Å². The molecule has 1 aliphatic rings. The van der Waals surface area contributed by atoms with E-state index in [1.807, 2.05) is 0 Å². The van der Waals surface area contributed by atoms with Gasteiger partial charge < -0.3 is 4.74 Å². The van der Waals surface area contributed by atoms with Gasteiger partial charge in [0.05, 0.1) is 12.5 Å². The summed E-state index contributed by atoms with van der Waals surface area (Å²) in [6.45, 7) is 4.35. The lowest BCUT2D eigenvalue weighted by atomic mass is 9.81. The molecule has 5 heteroatoms. The van der Waals surface area contributed by atoms with E-state index in [9.17, 15) is 4.79 Å². The van der Waals surface area contributed by atoms with Gasteiger partial charge in [-0.15, -0.1) is 0 Å². The summed E-state index contributed by atoms with van der Waals surface area (Å²) in [5, 5.41) is 3.47. The molecular formula is C11H17N3O2. The molecule has 5 nitrogen and oxygen atoms in total. The average Bonchev–Trinajstić information content (AvgIpc) is 2.67. The average molecular weight is 223 g/mol. The highest BCUT2D eigenvalue weighted by atomic mass is 16.5. The maximum atomic E-state index is 11.8. The Morgan fingerprint density at radius 2 is 2.50 bits per heavy atom. The second-order valence-corrected chi connectivity index (χ2v) is 4.26. The Hall–Kier alpha value is -1.48. The number of carbonyl (C=O) groups excluding carboxylic acids is 1. The number of methoxy groups -OCH3 is 1. The zero-order valence-corrected chi connectivity index (χ0v) is 9.61. The molecule has 1 aliphatic carbocycles. The number of allylic oxidation sites excluding steroid dienone is 1. The van der Waals surface area contributed by atoms with Crippen LogP contribution >= 0.6 is 0 Å². The van der Waals surface area contributed by atoms with Crippen molar-refractivity contribution >= 4 is 5.97 Å². The largest absolute Gasteiger partial charge is 0.469 e. The van der Waals surface area contributed by atoms with Crippen molar-refractivity contribution in [3.8, 4) is 0 Å². The molecule has 0 bridgehead atoms. The third-order valence-electron chi connectivity index (χ3n) is 3.14. The second-order valence-electron chi connectivity index (χ2n) is 4.26. The topological polar surface area (TPSA) is 75.1 Å². The van der Waals surface area contributed by atoms with Crippen molar-refractivity contribution in [3.63, 3.8) is 0 Å². The van der Waals surface area contributed by atoms with Crippen LogP contribution in [0.3, 0.4) is 0 Å². The zero-order chi connectivity index (χ0) is 12.0. The van der Waals surface area contributed by atoms with Gasteiger partial charge in [-0.2, -0.15) is 0 Å². The Balaban J connectivity index is 2.61. The molecule has 1 saturated carbocycles. The minimum Gasteiger partial charge on any atom is -0.469 e. The van der Waals surface area contributed by atoms with Crippen LogP contribution in [0.5, 0.6) is 0 Å².